The van der Waals surface area contributed by atoms with E-state index in [9.17, 15) is 9.59 Å². The fourth-order valence-electron chi connectivity index (χ4n) is 2.90. The van der Waals surface area contributed by atoms with Gasteiger partial charge in [0.15, 0.2) is 5.78 Å². The van der Waals surface area contributed by atoms with Crippen LogP contribution in [0, 0.1) is 5.41 Å². The number of carbonyl (C=O) groups is 2. The molecule has 3 heteroatoms. The van der Waals surface area contributed by atoms with E-state index in [0.717, 1.165) is 29.6 Å². The maximum atomic E-state index is 12.0. The van der Waals surface area contributed by atoms with Crippen LogP contribution in [0.4, 0.5) is 0 Å². The average Bonchev–Trinajstić information content (AvgIpc) is 2.43. The average molecular weight is 304 g/mol. The first-order valence-electron chi connectivity index (χ1n) is 7.88. The summed E-state index contributed by atoms with van der Waals surface area (Å²) in [6.07, 6.45) is 8.90. The third kappa shape index (κ3) is 5.06. The molecule has 1 rings (SSSR count). The molecule has 22 heavy (non-hydrogen) atoms. The Hall–Kier alpha value is -1.48. The zero-order chi connectivity index (χ0) is 16.8. The van der Waals surface area contributed by atoms with E-state index in [0.29, 0.717) is 19.4 Å². The minimum Gasteiger partial charge on any atom is -0.384 e. The lowest BCUT2D eigenvalue weighted by Gasteiger charge is -2.35. The predicted octanol–water partition coefficient (Wildman–Crippen LogP) is 4.19. The minimum atomic E-state index is -0.108. The van der Waals surface area contributed by atoms with Crippen molar-refractivity contribution in [3.8, 4) is 0 Å². The van der Waals surface area contributed by atoms with Crippen LogP contribution in [0.15, 0.2) is 34.9 Å². The maximum Gasteiger partial charge on any atom is 0.158 e. The Kier molecular flexibility index (Phi) is 6.95. The van der Waals surface area contributed by atoms with E-state index >= 15 is 0 Å². The predicted molar refractivity (Wildman–Crippen MR) is 89.7 cm³/mol. The van der Waals surface area contributed by atoms with Crippen molar-refractivity contribution in [2.75, 3.05) is 13.7 Å². The Morgan fingerprint density at radius 1 is 1.36 bits per heavy atom. The topological polar surface area (TPSA) is 43.4 Å². The highest BCUT2D eigenvalue weighted by Gasteiger charge is 2.34. The molecule has 0 bridgehead atoms. The molecule has 0 N–H and O–H groups in total. The third-order valence-electron chi connectivity index (χ3n) is 4.31. The summed E-state index contributed by atoms with van der Waals surface area (Å²) in [5.41, 5.74) is 2.92. The van der Waals surface area contributed by atoms with Crippen LogP contribution in [0.5, 0.6) is 0 Å². The highest BCUT2D eigenvalue weighted by molar-refractivity contribution is 5.97. The molecule has 1 aliphatic carbocycles. The molecule has 0 spiro atoms. The van der Waals surface area contributed by atoms with Crippen molar-refractivity contribution < 1.29 is 14.3 Å². The van der Waals surface area contributed by atoms with Crippen LogP contribution >= 0.6 is 0 Å². The molecule has 0 aromatic heterocycles. The quantitative estimate of drug-likeness (QED) is 0.662. The molecule has 0 amide bonds. The summed E-state index contributed by atoms with van der Waals surface area (Å²) in [5.74, 6) is 0.434. The maximum absolute atomic E-state index is 12.0. The molecule has 0 saturated carbocycles. The normalized spacial score (nSPS) is 23.5. The van der Waals surface area contributed by atoms with E-state index in [1.165, 1.54) is 0 Å². The van der Waals surface area contributed by atoms with E-state index in [-0.39, 0.29) is 17.0 Å². The molecule has 0 unspecified atom stereocenters. The van der Waals surface area contributed by atoms with Gasteiger partial charge in [0.2, 0.25) is 0 Å². The highest BCUT2D eigenvalue weighted by Crippen LogP contribution is 2.40. The fraction of sp³-hybridized carbons (Fsp3) is 0.579. The number of carbonyl (C=O) groups excluding carboxylic acids is 2. The van der Waals surface area contributed by atoms with Crippen LogP contribution in [0.3, 0.4) is 0 Å². The number of ether oxygens (including phenoxy) is 1. The van der Waals surface area contributed by atoms with E-state index in [1.807, 2.05) is 26.0 Å². The Bertz CT molecular complexity index is 523. The van der Waals surface area contributed by atoms with Gasteiger partial charge in [-0.2, -0.15) is 0 Å². The van der Waals surface area contributed by atoms with Crippen LogP contribution in [0.2, 0.25) is 0 Å². The van der Waals surface area contributed by atoms with Crippen LogP contribution in [0.1, 0.15) is 53.4 Å². The van der Waals surface area contributed by atoms with Gasteiger partial charge in [-0.3, -0.25) is 4.79 Å². The first-order valence-corrected chi connectivity index (χ1v) is 7.88. The van der Waals surface area contributed by atoms with E-state index in [4.69, 9.17) is 4.74 Å². The monoisotopic (exact) mass is 304 g/mol. The number of hydrogen-bond acceptors (Lipinski definition) is 3. The summed E-state index contributed by atoms with van der Waals surface area (Å²) in [7, 11) is 1.70. The Balaban J connectivity index is 2.94. The standard InChI is InChI=1S/C19H28O3/c1-14(7-6-8-15(2)20)9-10-17-16(3)18(21)11-12-19(17,4)13-22-5/h7,9-10H,6,8,11-13H2,1-5H3/b10-9+,14-7+/t19-/m0/s1. The molecule has 0 aromatic rings. The lowest BCUT2D eigenvalue weighted by Crippen LogP contribution is -2.31. The van der Waals surface area contributed by atoms with E-state index in [2.05, 4.69) is 13.0 Å². The molecule has 0 aromatic carbocycles. The van der Waals surface area contributed by atoms with Crippen LogP contribution < -0.4 is 0 Å². The smallest absolute Gasteiger partial charge is 0.158 e. The summed E-state index contributed by atoms with van der Waals surface area (Å²) < 4.78 is 5.36. The Labute approximate surface area is 134 Å². The molecule has 122 valence electrons. The lowest BCUT2D eigenvalue weighted by atomic mass is 9.71. The Morgan fingerprint density at radius 2 is 2.05 bits per heavy atom. The van der Waals surface area contributed by atoms with Gasteiger partial charge in [-0.1, -0.05) is 30.7 Å². The van der Waals surface area contributed by atoms with Crippen molar-refractivity contribution in [2.45, 2.75) is 53.4 Å². The van der Waals surface area contributed by atoms with Gasteiger partial charge in [-0.15, -0.1) is 0 Å². The van der Waals surface area contributed by atoms with Crippen molar-refractivity contribution in [1.82, 2.24) is 0 Å². The van der Waals surface area contributed by atoms with Crippen LogP contribution in [0.25, 0.3) is 0 Å². The van der Waals surface area contributed by atoms with Crippen LogP contribution in [-0.4, -0.2) is 25.3 Å². The second-order valence-electron chi connectivity index (χ2n) is 6.48. The molecule has 0 radical (unpaired) electrons. The molecular weight excluding hydrogens is 276 g/mol. The third-order valence-corrected chi connectivity index (χ3v) is 4.31. The summed E-state index contributed by atoms with van der Waals surface area (Å²) in [5, 5.41) is 0. The number of allylic oxidation sites excluding steroid dienone is 5. The molecular formula is C19H28O3. The second-order valence-corrected chi connectivity index (χ2v) is 6.48. The molecule has 1 aliphatic rings. The zero-order valence-corrected chi connectivity index (χ0v) is 14.5. The van der Waals surface area contributed by atoms with Gasteiger partial charge in [0.05, 0.1) is 6.61 Å². The molecule has 0 fully saturated rings. The van der Waals surface area contributed by atoms with Crippen molar-refractivity contribution in [3.05, 3.63) is 34.9 Å². The highest BCUT2D eigenvalue weighted by atomic mass is 16.5. The SMILES string of the molecule is COC[C@]1(C)CCC(=O)C(C)=C1/C=C/C(C)=C/CCC(C)=O. The van der Waals surface area contributed by atoms with Gasteiger partial charge in [0.1, 0.15) is 5.78 Å². The van der Waals surface area contributed by atoms with Gasteiger partial charge >= 0.3 is 0 Å². The number of ketones is 2. The van der Waals surface area contributed by atoms with Crippen molar-refractivity contribution in [1.29, 1.82) is 0 Å². The van der Waals surface area contributed by atoms with Gasteiger partial charge in [-0.05, 0) is 44.8 Å². The second kappa shape index (κ2) is 8.23. The number of methoxy groups -OCH3 is 1. The molecule has 0 heterocycles. The van der Waals surface area contributed by atoms with Crippen molar-refractivity contribution in [2.24, 2.45) is 5.41 Å². The molecule has 3 nitrogen and oxygen atoms in total. The fourth-order valence-corrected chi connectivity index (χ4v) is 2.90. The molecule has 1 atom stereocenters. The van der Waals surface area contributed by atoms with Crippen molar-refractivity contribution >= 4 is 11.6 Å². The van der Waals surface area contributed by atoms with E-state index in [1.54, 1.807) is 14.0 Å². The number of rotatable bonds is 7. The largest absolute Gasteiger partial charge is 0.384 e. The summed E-state index contributed by atoms with van der Waals surface area (Å²) >= 11 is 0. The zero-order valence-electron chi connectivity index (χ0n) is 14.5. The van der Waals surface area contributed by atoms with Gasteiger partial charge in [-0.25, -0.2) is 0 Å². The minimum absolute atomic E-state index is 0.108. The summed E-state index contributed by atoms with van der Waals surface area (Å²) in [4.78, 5) is 23.0. The number of hydrogen-bond donors (Lipinski definition) is 0. The number of Topliss-reactive ketones (excluding diaryl/α,β-unsaturated/α-hetero) is 2. The van der Waals surface area contributed by atoms with Crippen LogP contribution in [-0.2, 0) is 14.3 Å². The Morgan fingerprint density at radius 3 is 2.64 bits per heavy atom. The van der Waals surface area contributed by atoms with Gasteiger partial charge in [0.25, 0.3) is 0 Å². The first-order chi connectivity index (χ1) is 10.3. The van der Waals surface area contributed by atoms with E-state index < -0.39 is 0 Å². The first kappa shape index (κ1) is 18.6. The van der Waals surface area contributed by atoms with Crippen molar-refractivity contribution in [3.63, 3.8) is 0 Å². The lowest BCUT2D eigenvalue weighted by molar-refractivity contribution is -0.117. The van der Waals surface area contributed by atoms with Gasteiger partial charge < -0.3 is 9.53 Å². The molecule has 0 saturated heterocycles. The molecule has 0 aliphatic heterocycles. The summed E-state index contributed by atoms with van der Waals surface area (Å²) in [6.45, 7) is 8.30. The summed E-state index contributed by atoms with van der Waals surface area (Å²) in [6, 6.07) is 0. The van der Waals surface area contributed by atoms with Gasteiger partial charge in [0, 0.05) is 25.4 Å².